The highest BCUT2D eigenvalue weighted by molar-refractivity contribution is 9.10. The van der Waals surface area contributed by atoms with Crippen molar-refractivity contribution in [3.05, 3.63) is 364 Å². The quantitative estimate of drug-likeness (QED) is 0.0138. The molecule has 0 atom stereocenters. The van der Waals surface area contributed by atoms with Gasteiger partial charge in [0.2, 0.25) is 5.43 Å². The van der Waals surface area contributed by atoms with Crippen LogP contribution in [0.4, 0.5) is 61.5 Å². The minimum Gasteiger partial charge on any atom is -0.486 e. The van der Waals surface area contributed by atoms with Gasteiger partial charge in [-0.25, -0.2) is 22.0 Å². The molecule has 2 fully saturated rings. The standard InChI is InChI=1S/C21H13F4N3O3.C14H10BFN2O4.C14H8BrFN2O2.C14H9FN2O3.C13H11F4N3O.C12H24B2O4.C7H6F3NO.H4N2/c22-17-9-27-14(10-28-19(29)15-3-1-2-4-16(15)20(28)30)6-18(17)31-11-12-5-13(8-26-7-12)21(23,24)25;16-12-6-17-8(5-11(12)15(21)22)7-18-13(19)9-3-1-2-4-10(9)14(18)20;15-11-5-8(17-6-12(11)16)7-18-13(19)9-3-1-2-4-10(9)14(18)20;15-11-6-16-8(5-12(11)18)7-17-13(19)9-3-1-2-4-10(9)14(17)20;14-11-6-20-10(3-18)2-12(11)21-7-8-1-9(5-19-4-8)13(15,16)17;1-9(2)10(3,4)16-13(15-9)14-17-11(5,6)12(7,8)18-14;8-7(9,10)6-1-5(4-12)2-11-3-6;1-2/h1-9H,10-11H2;1-6,21-22H,7H2;1-6H,7H2;1-6H,7H2,(H,16,18);1-2,4-6H,3,7,18H2;1-8H3;1-3,12H,4H2;1-2H2. The first-order valence-corrected chi connectivity index (χ1v) is 43.9. The molecule has 0 bridgehead atoms. The Bertz CT molecular complexity index is 6760. The van der Waals surface area contributed by atoms with Crippen LogP contribution in [0.3, 0.4) is 0 Å². The number of ether oxygens (including phenoxy) is 2. The Balaban J connectivity index is 0.000000164. The monoisotopic (exact) mass is 2100 g/mol. The number of fused-ring (bicyclic) bond motifs is 4. The van der Waals surface area contributed by atoms with Gasteiger partial charge in [0.05, 0.1) is 168 Å². The van der Waals surface area contributed by atoms with Crippen LogP contribution in [0.2, 0.25) is 0 Å². The molecule has 0 aliphatic carbocycles. The molecule has 0 spiro atoms. The van der Waals surface area contributed by atoms with E-state index >= 15 is 0 Å². The third-order valence-corrected chi connectivity index (χ3v) is 23.5. The van der Waals surface area contributed by atoms with Crippen LogP contribution in [0.15, 0.2) is 223 Å². The number of nitrogens with zero attached hydrogens (tertiary/aromatic N) is 11. The van der Waals surface area contributed by atoms with Gasteiger partial charge in [-0.1, -0.05) is 48.5 Å². The molecular weight excluding hydrogens is 2020 g/mol. The number of aromatic nitrogens is 8. The van der Waals surface area contributed by atoms with Crippen molar-refractivity contribution in [3.8, 4) is 11.5 Å². The molecule has 762 valence electrons. The summed E-state index contributed by atoms with van der Waals surface area (Å²) < 4.78 is 213. The number of carbonyl (C=O) groups excluding carboxylic acids is 8. The molecule has 8 amide bonds. The summed E-state index contributed by atoms with van der Waals surface area (Å²) in [5.74, 6) is 0.310. The molecule has 6 aliphatic heterocycles. The Hall–Kier alpha value is -14.7. The number of nitrogens with two attached hydrogens (primary N) is 3. The first-order valence-electron chi connectivity index (χ1n) is 43.1. The summed E-state index contributed by atoms with van der Waals surface area (Å²) in [5, 5.41) is 26.7. The fraction of sp³-hybridized carbons (Fsp3) is 0.242. The Morgan fingerprint density at radius 1 is 0.390 bits per heavy atom. The molecule has 2 saturated heterocycles. The highest BCUT2D eigenvalue weighted by Gasteiger charge is 2.64. The lowest BCUT2D eigenvalue weighted by atomic mass is 9.49. The number of pyridine rings is 8. The largest absolute Gasteiger partial charge is 0.491 e. The van der Waals surface area contributed by atoms with Gasteiger partial charge in [-0.05, 0) is 156 Å². The van der Waals surface area contributed by atoms with E-state index in [2.05, 4.69) is 67.5 Å². The van der Waals surface area contributed by atoms with E-state index in [0.717, 1.165) is 87.1 Å². The number of carbonyl (C=O) groups is 8. The van der Waals surface area contributed by atoms with Crippen molar-refractivity contribution in [1.82, 2.24) is 59.5 Å². The maximum atomic E-state index is 14.1. The van der Waals surface area contributed by atoms with Crippen molar-refractivity contribution in [1.29, 1.82) is 0 Å². The fourth-order valence-electron chi connectivity index (χ4n) is 13.9. The predicted octanol–water partition coefficient (Wildman–Crippen LogP) is 13.1. The van der Waals surface area contributed by atoms with E-state index in [-0.39, 0.29) is 141 Å². The van der Waals surface area contributed by atoms with Gasteiger partial charge in [0.25, 0.3) is 47.3 Å². The number of benzene rings is 4. The summed E-state index contributed by atoms with van der Waals surface area (Å²) in [6.07, 6.45) is -3.16. The minimum atomic E-state index is -4.57. The second kappa shape index (κ2) is 46.6. The summed E-state index contributed by atoms with van der Waals surface area (Å²) in [5.41, 5.74) is 4.62. The third-order valence-electron chi connectivity index (χ3n) is 22.9. The number of nitrogens with one attached hydrogen (secondary N) is 1. The number of H-pyrrole nitrogens is 1. The molecule has 12 aromatic rings. The molecule has 14 heterocycles. The minimum absolute atomic E-state index is 0.0191. The van der Waals surface area contributed by atoms with Crippen molar-refractivity contribution in [2.45, 2.75) is 149 Å². The lowest BCUT2D eigenvalue weighted by Crippen LogP contribution is -2.41. The Labute approximate surface area is 830 Å². The third kappa shape index (κ3) is 26.7. The van der Waals surface area contributed by atoms with E-state index in [1.165, 1.54) is 48.9 Å². The fourth-order valence-corrected chi connectivity index (χ4v) is 14.3. The van der Waals surface area contributed by atoms with E-state index in [4.69, 9.17) is 49.0 Å². The van der Waals surface area contributed by atoms with Crippen LogP contribution in [0, 0.1) is 29.1 Å². The molecule has 8 aromatic heterocycles. The maximum absolute atomic E-state index is 14.1. The number of aliphatic hydroxyl groups excluding tert-OH is 1. The molecule has 4 aromatic carbocycles. The number of aliphatic hydroxyl groups is 1. The van der Waals surface area contributed by atoms with E-state index < -0.39 is 133 Å². The van der Waals surface area contributed by atoms with E-state index in [9.17, 15) is 105 Å². The molecule has 18 rings (SSSR count). The van der Waals surface area contributed by atoms with Crippen LogP contribution in [-0.4, -0.2) is 165 Å². The Morgan fingerprint density at radius 3 is 0.986 bits per heavy atom. The zero-order valence-electron chi connectivity index (χ0n) is 77.9. The van der Waals surface area contributed by atoms with Gasteiger partial charge >= 0.3 is 39.7 Å². The molecule has 146 heavy (non-hydrogen) atoms. The van der Waals surface area contributed by atoms with Crippen LogP contribution < -0.4 is 37.8 Å². The highest BCUT2D eigenvalue weighted by atomic mass is 79.9. The molecule has 33 nitrogen and oxygen atoms in total. The van der Waals surface area contributed by atoms with Gasteiger partial charge < -0.3 is 54.0 Å². The molecule has 10 N–H and O–H groups in total. The number of aromatic amines is 1. The van der Waals surface area contributed by atoms with Crippen molar-refractivity contribution >= 4 is 89.8 Å². The average molecular weight is 2100 g/mol. The number of hydrogen-bond acceptors (Lipinski definition) is 28. The smallest absolute Gasteiger partial charge is 0.486 e. The van der Waals surface area contributed by atoms with Crippen LogP contribution in [0.1, 0.15) is 200 Å². The molecule has 0 radical (unpaired) electrons. The molecule has 0 unspecified atom stereocenters. The normalized spacial score (nSPS) is 15.3. The number of hydrazine groups is 1. The molecule has 51 heteroatoms. The lowest BCUT2D eigenvalue weighted by molar-refractivity contribution is -0.138. The first kappa shape index (κ1) is 112. The number of imide groups is 4. The number of amides is 8. The summed E-state index contributed by atoms with van der Waals surface area (Å²) in [6.45, 7) is 14.8. The van der Waals surface area contributed by atoms with Crippen LogP contribution >= 0.6 is 15.9 Å². The highest BCUT2D eigenvalue weighted by Crippen LogP contribution is 2.44. The van der Waals surface area contributed by atoms with Gasteiger partial charge in [-0.3, -0.25) is 109 Å². The zero-order valence-corrected chi connectivity index (χ0v) is 79.5. The average Bonchev–Trinajstić information content (AvgIpc) is 1.59. The second-order valence-corrected chi connectivity index (χ2v) is 34.8. The van der Waals surface area contributed by atoms with Gasteiger partial charge in [-0.15, -0.1) is 0 Å². The number of rotatable bonds is 18. The van der Waals surface area contributed by atoms with Gasteiger partial charge in [0.15, 0.2) is 34.8 Å². The maximum Gasteiger partial charge on any atom is 0.491 e. The Kier molecular flexibility index (Phi) is 35.6. The molecule has 0 saturated carbocycles. The van der Waals surface area contributed by atoms with E-state index in [0.29, 0.717) is 62.9 Å². The van der Waals surface area contributed by atoms with E-state index in [1.54, 1.807) is 84.9 Å². The van der Waals surface area contributed by atoms with Gasteiger partial charge in [0.1, 0.15) is 19.0 Å². The second-order valence-electron chi connectivity index (χ2n) is 33.9. The summed E-state index contributed by atoms with van der Waals surface area (Å²) in [6, 6.07) is 34.6. The van der Waals surface area contributed by atoms with Crippen LogP contribution in [0.25, 0.3) is 0 Å². The zero-order chi connectivity index (χ0) is 107. The number of hydrogen-bond donors (Lipinski definition) is 7. The van der Waals surface area contributed by atoms with Gasteiger partial charge in [0, 0.05) is 90.4 Å². The topological polar surface area (TPSA) is 467 Å². The van der Waals surface area contributed by atoms with Crippen LogP contribution in [0.5, 0.6) is 11.5 Å². The summed E-state index contributed by atoms with van der Waals surface area (Å²) in [7, 11) is -2.95. The predicted molar refractivity (Wildman–Crippen MR) is 495 cm³/mol. The van der Waals surface area contributed by atoms with Gasteiger partial charge in [-0.2, -0.15) is 39.5 Å². The summed E-state index contributed by atoms with van der Waals surface area (Å²) in [4.78, 5) is 141. The number of halogens is 15. The summed E-state index contributed by atoms with van der Waals surface area (Å²) >= 11 is 3.05. The Morgan fingerprint density at radius 2 is 0.678 bits per heavy atom. The SMILES string of the molecule is CC1(C)OB(B2OC(C)(C)C(C)(C)O2)OC1(C)C.NCc1cc(OCc2cncc(C(F)(F)F)c2)c(F)cn1.NN.O=C1c2ccccc2C(=O)N1Cc1cc(=O)c(F)c[nH]1.O=C1c2ccccc2C(=O)N1Cc1cc(B(O)O)c(F)cn1.O=C1c2ccccc2C(=O)N1Cc1cc(Br)c(F)cn1.O=C1c2ccccc2C(=O)N1Cc1cc(OCc2cncc(C(F)(F)F)c2)c(F)cn1.OCc1cncc(C(F)(F)F)c1. The molecule has 6 aliphatic rings. The van der Waals surface area contributed by atoms with Crippen molar-refractivity contribution in [2.24, 2.45) is 17.4 Å². The van der Waals surface area contributed by atoms with Crippen LogP contribution in [-0.2, 0) is 89.7 Å². The number of alkyl halides is 9. The van der Waals surface area contributed by atoms with E-state index in [1.807, 2.05) is 55.4 Å². The van der Waals surface area contributed by atoms with Crippen molar-refractivity contribution in [2.75, 3.05) is 0 Å². The lowest BCUT2D eigenvalue weighted by Gasteiger charge is -2.32. The molecular formula is C95H85B3BrF14N15O18. The van der Waals surface area contributed by atoms with Crippen molar-refractivity contribution < 1.29 is 143 Å². The van der Waals surface area contributed by atoms with Crippen molar-refractivity contribution in [3.63, 3.8) is 0 Å². The first-order chi connectivity index (χ1) is 68.7.